The number of hydrogen-bond donors (Lipinski definition) is 1. The van der Waals surface area contributed by atoms with Gasteiger partial charge in [0.05, 0.1) is 0 Å². The summed E-state index contributed by atoms with van der Waals surface area (Å²) in [5.41, 5.74) is -0.000381. The molecule has 0 aromatic heterocycles. The molecule has 21 heavy (non-hydrogen) atoms. The second kappa shape index (κ2) is 5.98. The fraction of sp³-hybridized carbons (Fsp3) is 0.231. The molecular formula is C13H12F4O3S. The number of rotatable bonds is 5. The zero-order chi connectivity index (χ0) is 16.5. The van der Waals surface area contributed by atoms with E-state index >= 15 is 0 Å². The highest BCUT2D eigenvalue weighted by Gasteiger charge is 2.31. The van der Waals surface area contributed by atoms with Gasteiger partial charge in [-0.25, -0.2) is 17.6 Å². The van der Waals surface area contributed by atoms with Crippen LogP contribution in [0.15, 0.2) is 29.2 Å². The lowest BCUT2D eigenvalue weighted by atomic mass is 10.0. The normalized spacial score (nSPS) is 11.5. The van der Waals surface area contributed by atoms with E-state index in [9.17, 15) is 26.0 Å². The van der Waals surface area contributed by atoms with Crippen molar-refractivity contribution in [3.63, 3.8) is 0 Å². The van der Waals surface area contributed by atoms with Gasteiger partial charge >= 0.3 is 10.1 Å². The molecule has 1 N–H and O–H groups in total. The van der Waals surface area contributed by atoms with E-state index in [4.69, 9.17) is 4.55 Å². The lowest BCUT2D eigenvalue weighted by Gasteiger charge is -2.11. The van der Waals surface area contributed by atoms with Crippen LogP contribution in [0.3, 0.4) is 0 Å². The van der Waals surface area contributed by atoms with Crippen LogP contribution < -0.4 is 0 Å². The summed E-state index contributed by atoms with van der Waals surface area (Å²) in [6, 6.07) is 0. The summed E-state index contributed by atoms with van der Waals surface area (Å²) in [6.45, 7) is 8.70. The Morgan fingerprint density at radius 3 is 1.81 bits per heavy atom. The van der Waals surface area contributed by atoms with Crippen LogP contribution in [0.2, 0.25) is 0 Å². The van der Waals surface area contributed by atoms with Crippen LogP contribution in [-0.2, 0) is 16.5 Å². The Labute approximate surface area is 119 Å². The summed E-state index contributed by atoms with van der Waals surface area (Å²) in [7, 11) is -5.43. The van der Waals surface area contributed by atoms with Gasteiger partial charge in [0, 0.05) is 5.56 Å². The fourth-order valence-electron chi connectivity index (χ4n) is 1.59. The second-order valence-electron chi connectivity index (χ2n) is 4.42. The first-order valence-electron chi connectivity index (χ1n) is 5.64. The van der Waals surface area contributed by atoms with E-state index in [-0.39, 0.29) is 6.42 Å². The lowest BCUT2D eigenvalue weighted by molar-refractivity contribution is 0.394. The molecule has 0 saturated heterocycles. The number of halogens is 4. The van der Waals surface area contributed by atoms with Crippen molar-refractivity contribution in [3.8, 4) is 0 Å². The van der Waals surface area contributed by atoms with Gasteiger partial charge in [0.2, 0.25) is 0 Å². The third kappa shape index (κ3) is 3.51. The van der Waals surface area contributed by atoms with Gasteiger partial charge in [0.15, 0.2) is 28.2 Å². The summed E-state index contributed by atoms with van der Waals surface area (Å²) in [5.74, 6) is -8.05. The Hall–Kier alpha value is -1.67. The molecule has 0 aliphatic heterocycles. The molecule has 0 spiro atoms. The lowest BCUT2D eigenvalue weighted by Crippen LogP contribution is -2.13. The molecule has 0 saturated carbocycles. The first kappa shape index (κ1) is 17.4. The molecule has 1 rings (SSSR count). The Bertz CT molecular complexity index is 694. The number of hydrogen-bond acceptors (Lipinski definition) is 2. The minimum absolute atomic E-state index is 0.0206. The molecule has 0 bridgehead atoms. The molecular weight excluding hydrogens is 312 g/mol. The van der Waals surface area contributed by atoms with Gasteiger partial charge in [-0.3, -0.25) is 4.55 Å². The molecule has 0 atom stereocenters. The maximum Gasteiger partial charge on any atom is 0.300 e. The van der Waals surface area contributed by atoms with Crippen molar-refractivity contribution in [2.45, 2.75) is 24.7 Å². The van der Waals surface area contributed by atoms with E-state index in [1.165, 1.54) is 0 Å². The smallest absolute Gasteiger partial charge is 0.282 e. The average Bonchev–Trinajstić information content (AvgIpc) is 2.34. The summed E-state index contributed by atoms with van der Waals surface area (Å²) in [6.07, 6.45) is -0.462. The summed E-state index contributed by atoms with van der Waals surface area (Å²) < 4.78 is 84.5. The Balaban J connectivity index is 3.39. The summed E-state index contributed by atoms with van der Waals surface area (Å²) in [5, 5.41) is 0. The predicted molar refractivity (Wildman–Crippen MR) is 68.4 cm³/mol. The van der Waals surface area contributed by atoms with E-state index in [0.29, 0.717) is 11.1 Å². The standard InChI is InChI=1S/C13H12F4O3S/c1-6(2)7(3)4-5-8-9(14)11(16)13(21(18,19)20)12(17)10(8)15/h1,3-5H2,2H3,(H,18,19,20). The van der Waals surface area contributed by atoms with Crippen molar-refractivity contribution in [2.75, 3.05) is 0 Å². The van der Waals surface area contributed by atoms with Crippen molar-refractivity contribution >= 4 is 10.1 Å². The highest BCUT2D eigenvalue weighted by atomic mass is 32.2. The van der Waals surface area contributed by atoms with Gasteiger partial charge in [-0.05, 0) is 19.8 Å². The molecule has 0 aliphatic carbocycles. The van der Waals surface area contributed by atoms with Gasteiger partial charge in [0.1, 0.15) is 0 Å². The zero-order valence-corrected chi connectivity index (χ0v) is 11.8. The molecule has 116 valence electrons. The fourth-order valence-corrected chi connectivity index (χ4v) is 2.22. The van der Waals surface area contributed by atoms with E-state index in [2.05, 4.69) is 13.2 Å². The molecule has 0 amide bonds. The summed E-state index contributed by atoms with van der Waals surface area (Å²) in [4.78, 5) is -2.04. The van der Waals surface area contributed by atoms with Crippen molar-refractivity contribution in [1.29, 1.82) is 0 Å². The van der Waals surface area contributed by atoms with E-state index in [0.717, 1.165) is 0 Å². The van der Waals surface area contributed by atoms with E-state index in [1.54, 1.807) is 6.92 Å². The van der Waals surface area contributed by atoms with Crippen molar-refractivity contribution < 1.29 is 30.5 Å². The quantitative estimate of drug-likeness (QED) is 0.390. The molecule has 0 aliphatic rings. The van der Waals surface area contributed by atoms with Crippen LogP contribution in [0.4, 0.5) is 17.6 Å². The SMILES string of the molecule is C=C(C)C(=C)CCc1c(F)c(F)c(S(=O)(=O)O)c(F)c1F. The highest BCUT2D eigenvalue weighted by Crippen LogP contribution is 2.29. The molecule has 0 fully saturated rings. The molecule has 1 aromatic rings. The summed E-state index contributed by atoms with van der Waals surface area (Å²) >= 11 is 0. The molecule has 0 radical (unpaired) electrons. The van der Waals surface area contributed by atoms with Crippen LogP contribution in [-0.4, -0.2) is 13.0 Å². The van der Waals surface area contributed by atoms with E-state index < -0.39 is 50.3 Å². The first-order valence-corrected chi connectivity index (χ1v) is 7.08. The molecule has 0 unspecified atom stereocenters. The van der Waals surface area contributed by atoms with Gasteiger partial charge in [-0.1, -0.05) is 24.3 Å². The monoisotopic (exact) mass is 324 g/mol. The maximum absolute atomic E-state index is 13.7. The average molecular weight is 324 g/mol. The largest absolute Gasteiger partial charge is 0.300 e. The van der Waals surface area contributed by atoms with Crippen molar-refractivity contribution in [1.82, 2.24) is 0 Å². The third-order valence-electron chi connectivity index (χ3n) is 2.85. The minimum atomic E-state index is -5.43. The zero-order valence-electron chi connectivity index (χ0n) is 11.0. The van der Waals surface area contributed by atoms with Gasteiger partial charge in [-0.2, -0.15) is 8.42 Å². The molecule has 1 aromatic carbocycles. The number of allylic oxidation sites excluding steroid dienone is 2. The minimum Gasteiger partial charge on any atom is -0.282 e. The maximum atomic E-state index is 13.7. The second-order valence-corrected chi connectivity index (χ2v) is 5.78. The van der Waals surface area contributed by atoms with Gasteiger partial charge in [-0.15, -0.1) is 0 Å². The Kier molecular flexibility index (Phi) is 4.95. The van der Waals surface area contributed by atoms with Crippen LogP contribution in [0.5, 0.6) is 0 Å². The highest BCUT2D eigenvalue weighted by molar-refractivity contribution is 7.85. The van der Waals surface area contributed by atoms with Crippen LogP contribution >= 0.6 is 0 Å². The van der Waals surface area contributed by atoms with Crippen molar-refractivity contribution in [2.24, 2.45) is 0 Å². The third-order valence-corrected chi connectivity index (χ3v) is 3.73. The first-order chi connectivity index (χ1) is 9.48. The topological polar surface area (TPSA) is 54.4 Å². The molecule has 0 heterocycles. The van der Waals surface area contributed by atoms with Crippen LogP contribution in [0, 0.1) is 23.3 Å². The van der Waals surface area contributed by atoms with E-state index in [1.807, 2.05) is 0 Å². The molecule has 8 heteroatoms. The van der Waals surface area contributed by atoms with Crippen molar-refractivity contribution in [3.05, 3.63) is 53.1 Å². The van der Waals surface area contributed by atoms with Gasteiger partial charge < -0.3 is 0 Å². The Morgan fingerprint density at radius 2 is 1.48 bits per heavy atom. The van der Waals surface area contributed by atoms with Crippen LogP contribution in [0.1, 0.15) is 18.9 Å². The van der Waals surface area contributed by atoms with Gasteiger partial charge in [0.25, 0.3) is 0 Å². The molecule has 3 nitrogen and oxygen atoms in total. The number of benzene rings is 1. The van der Waals surface area contributed by atoms with Crippen LogP contribution in [0.25, 0.3) is 0 Å². The predicted octanol–water partition coefficient (Wildman–Crippen LogP) is 3.55. The Morgan fingerprint density at radius 1 is 1.05 bits per heavy atom.